The molecule has 0 saturated heterocycles. The summed E-state index contributed by atoms with van der Waals surface area (Å²) in [4.78, 5) is 140. The van der Waals surface area contributed by atoms with Gasteiger partial charge in [0.05, 0.1) is 35.8 Å². The molecule has 8 saturated carbocycles. The summed E-state index contributed by atoms with van der Waals surface area (Å²) in [6, 6.07) is 25.8. The fourth-order valence-electron chi connectivity index (χ4n) is 24.5. The van der Waals surface area contributed by atoms with E-state index in [1.165, 1.54) is 14.7 Å². The lowest BCUT2D eigenvalue weighted by Gasteiger charge is -2.63. The molecule has 14 heterocycles. The first kappa shape index (κ1) is 94.1. The number of benzene rings is 4. The van der Waals surface area contributed by atoms with Gasteiger partial charge in [-0.15, -0.1) is 0 Å². The van der Waals surface area contributed by atoms with Crippen molar-refractivity contribution in [2.75, 3.05) is 67.3 Å². The minimum atomic E-state index is -0.643. The number of aliphatic hydroxyl groups excluding tert-OH is 4. The molecule has 22 aliphatic rings. The van der Waals surface area contributed by atoms with Gasteiger partial charge in [0.2, 0.25) is 29.5 Å². The average molecular weight is 1740 g/mol. The second-order valence-corrected chi connectivity index (χ2v) is 40.1. The van der Waals surface area contributed by atoms with Crippen LogP contribution in [0.15, 0.2) is 107 Å². The highest BCUT2D eigenvalue weighted by Crippen LogP contribution is 2.70. The summed E-state index contributed by atoms with van der Waals surface area (Å²) >= 11 is 0. The van der Waals surface area contributed by atoms with Crippen LogP contribution in [-0.4, -0.2) is 199 Å². The van der Waals surface area contributed by atoms with E-state index in [1.54, 1.807) is 116 Å². The zero-order chi connectivity index (χ0) is 90.6. The number of anilines is 4. The lowest BCUT2D eigenvalue weighted by molar-refractivity contribution is -0.196. The van der Waals surface area contributed by atoms with Gasteiger partial charge in [-0.1, -0.05) is 51.9 Å². The van der Waals surface area contributed by atoms with Crippen LogP contribution in [0.5, 0.6) is 23.0 Å². The Kier molecular flexibility index (Phi) is 29.6. The number of aliphatic hydroxyl groups is 4. The largest absolute Gasteiger partial charge is 0.457 e. The molecule has 0 radical (unpaired) electrons. The summed E-state index contributed by atoms with van der Waals surface area (Å²) in [6.45, 7) is 25.7. The molecule has 686 valence electrons. The molecular weight excluding hydrogens is 1610 g/mol. The summed E-state index contributed by atoms with van der Waals surface area (Å²) in [6.07, 6.45) is 8.53. The Morgan fingerprint density at radius 2 is 0.675 bits per heavy atom. The summed E-state index contributed by atoms with van der Waals surface area (Å²) in [5.74, 6) is -1.10. The van der Waals surface area contributed by atoms with Crippen LogP contribution in [0.4, 0.5) is 22.7 Å². The number of rotatable bonds is 4. The standard InChI is InChI=1S/C98H136N10O18/c1-56(2)105-49-84(113)99-64-17-25-70(26-18-64)125-71-27-19-65(20-28-71)100-85(114)50-106(57(3)4)89(118)53-122-92(121)38-16-61(10)75-34-36-77-94-79(48-83(112)98(75,77)14)96(12)42-40-69(44-63(96)46-81(94)110)104-124-55-91(120)108(59(7)8)52-87(116)102-67-23-31-73(32-24-67)126-72-29-21-66(22-30-72)101-86(115)51-107(58(5)6)90(119)54-123-103-68-39-41-95(11)62(43-68)45-80(109)93-76-35-33-74(60(9)15-37-88(105)117)97(76,13)82(111)47-78(93)95/h17-32,56-63,74-83,93-94,109-112H,15-16,33-55H2,1-14H3,(H,99,113)(H,100,114)(H,101,115)(H,102,116)/b103-68?,104-69+/t60-,61-,62+,63+,74-,75-,76+,77+,78+,79+,80-,81-,82+,83+,93+,94+,95+,96+,97-,98-/m1/s1. The SMILES string of the molecule is CC(C)N1CC(=O)Nc2ccc(cc2)Oc2ccc(cc2)NC(=O)CN(C(C)C)C(=O)COC(=O)CC[C@@H](C)[C@H]2CC[C@H]3[C@@H]4[C@H](O)C[C@@H]5C/C(=N/OCC(=O)N(C(C)C)CC(=O)Nc6ccc(cc6)Oc6ccc(cc6)NC(=O)CN(C(C)C)C(=O)CON=C6CC[C@@]7(C)[C@@H](C6)C[C@@H](O)[C@@H]6[C@@H]7C[C@H](O)[C@]7(C)[C@H](CC[C@@H]67)[C@H](C)CCC1=O)CC[C@]5(C)[C@H]4C[C@H](O)[C@]23C. The Labute approximate surface area is 742 Å². The number of hydrogen-bond acceptors (Lipinski definition) is 20. The van der Waals surface area contributed by atoms with E-state index in [2.05, 4.69) is 73.1 Å². The van der Waals surface area contributed by atoms with E-state index in [1.807, 2.05) is 41.5 Å². The van der Waals surface area contributed by atoms with Crippen LogP contribution < -0.4 is 30.7 Å². The first-order valence-corrected chi connectivity index (χ1v) is 46.2. The molecule has 0 unspecified atom stereocenters. The lowest BCUT2D eigenvalue weighted by atomic mass is 9.43. The second-order valence-electron chi connectivity index (χ2n) is 40.1. The quantitative estimate of drug-likeness (QED) is 0.0880. The molecule has 24 bridgehead atoms. The number of nitrogens with zero attached hydrogens (tertiary/aromatic N) is 6. The maximum absolute atomic E-state index is 14.2. The summed E-state index contributed by atoms with van der Waals surface area (Å²) in [5.41, 5.74) is 2.19. The van der Waals surface area contributed by atoms with Crippen molar-refractivity contribution >= 4 is 87.4 Å². The molecule has 28 nitrogen and oxygen atoms in total. The van der Waals surface area contributed by atoms with Crippen LogP contribution >= 0.6 is 0 Å². The molecule has 8 N–H and O–H groups in total. The number of carbonyl (C=O) groups excluding carboxylic acids is 9. The molecule has 8 amide bonds. The molecule has 0 aromatic heterocycles. The van der Waals surface area contributed by atoms with Crippen molar-refractivity contribution in [3.63, 3.8) is 0 Å². The first-order valence-electron chi connectivity index (χ1n) is 46.2. The van der Waals surface area contributed by atoms with Crippen LogP contribution in [0, 0.1) is 92.7 Å². The molecule has 0 spiro atoms. The Hall–Kier alpha value is -9.51. The van der Waals surface area contributed by atoms with Gasteiger partial charge >= 0.3 is 5.97 Å². The minimum absolute atomic E-state index is 0.00729. The van der Waals surface area contributed by atoms with E-state index in [9.17, 15) is 63.6 Å². The monoisotopic (exact) mass is 1740 g/mol. The second kappa shape index (κ2) is 39.6. The molecule has 4 aromatic rings. The van der Waals surface area contributed by atoms with Crippen molar-refractivity contribution < 1.29 is 87.5 Å². The molecule has 8 fully saturated rings. The van der Waals surface area contributed by atoms with Crippen LogP contribution in [0.2, 0.25) is 0 Å². The molecular formula is C98H136N10O18. The molecule has 8 aliphatic carbocycles. The van der Waals surface area contributed by atoms with E-state index < -0.39 is 89.3 Å². The number of carbonyl (C=O) groups is 9. The van der Waals surface area contributed by atoms with Gasteiger partial charge in [-0.25, -0.2) is 0 Å². The highest BCUT2D eigenvalue weighted by Gasteiger charge is 2.68. The van der Waals surface area contributed by atoms with Crippen molar-refractivity contribution in [2.45, 2.75) is 261 Å². The highest BCUT2D eigenvalue weighted by molar-refractivity contribution is 5.98. The predicted molar refractivity (Wildman–Crippen MR) is 478 cm³/mol. The Bertz CT molecular complexity index is 4620. The van der Waals surface area contributed by atoms with Gasteiger partial charge in [-0.3, -0.25) is 43.2 Å². The fourth-order valence-corrected chi connectivity index (χ4v) is 24.5. The third-order valence-corrected chi connectivity index (χ3v) is 31.6. The zero-order valence-electron chi connectivity index (χ0n) is 76.1. The molecule has 28 heteroatoms. The van der Waals surface area contributed by atoms with Crippen LogP contribution in [0.1, 0.15) is 213 Å². The number of nitrogens with one attached hydrogen (secondary N) is 4. The highest BCUT2D eigenvalue weighted by atomic mass is 16.6. The van der Waals surface area contributed by atoms with Crippen LogP contribution in [0.3, 0.4) is 0 Å². The number of esters is 1. The molecule has 20 atom stereocenters. The van der Waals surface area contributed by atoms with E-state index in [4.69, 9.17) is 23.9 Å². The maximum atomic E-state index is 14.2. The molecule has 26 rings (SSSR count). The third kappa shape index (κ3) is 20.6. The van der Waals surface area contributed by atoms with E-state index >= 15 is 0 Å². The summed E-state index contributed by atoms with van der Waals surface area (Å²) in [5, 5.41) is 70.0. The minimum Gasteiger partial charge on any atom is -0.457 e. The van der Waals surface area contributed by atoms with Gasteiger partial charge in [-0.05, 0) is 348 Å². The molecule has 126 heavy (non-hydrogen) atoms. The summed E-state index contributed by atoms with van der Waals surface area (Å²) in [7, 11) is 0. The van der Waals surface area contributed by atoms with Crippen molar-refractivity contribution in [2.24, 2.45) is 103 Å². The number of amides is 8. The van der Waals surface area contributed by atoms with Gasteiger partial charge in [0.1, 0.15) is 49.2 Å². The van der Waals surface area contributed by atoms with Crippen LogP contribution in [0.25, 0.3) is 0 Å². The third-order valence-electron chi connectivity index (χ3n) is 31.6. The molecule has 4 aromatic carbocycles. The Balaban J connectivity index is 0.637. The van der Waals surface area contributed by atoms with Gasteiger partial charge in [0.25, 0.3) is 17.7 Å². The molecule has 14 aliphatic heterocycles. The van der Waals surface area contributed by atoms with Gasteiger partial charge in [0, 0.05) is 59.8 Å². The maximum Gasteiger partial charge on any atom is 0.306 e. The van der Waals surface area contributed by atoms with E-state index in [-0.39, 0.29) is 164 Å². The average Bonchev–Trinajstić information content (AvgIpc) is 1.42. The topological polar surface area (TPSA) is 367 Å². The smallest absolute Gasteiger partial charge is 0.306 e. The van der Waals surface area contributed by atoms with Crippen molar-refractivity contribution in [3.05, 3.63) is 97.1 Å². The van der Waals surface area contributed by atoms with E-state index in [0.717, 1.165) is 49.9 Å². The normalized spacial score (nSPS) is 34.3. The van der Waals surface area contributed by atoms with E-state index in [0.29, 0.717) is 110 Å². The van der Waals surface area contributed by atoms with Crippen LogP contribution in [-0.2, 0) is 57.6 Å². The number of hydrogen-bond donors (Lipinski definition) is 8. The van der Waals surface area contributed by atoms with Crippen molar-refractivity contribution in [1.82, 2.24) is 19.6 Å². The Morgan fingerprint density at radius 3 is 1.00 bits per heavy atom. The van der Waals surface area contributed by atoms with Crippen molar-refractivity contribution in [1.29, 1.82) is 0 Å². The zero-order valence-corrected chi connectivity index (χ0v) is 76.1. The lowest BCUT2D eigenvalue weighted by Crippen LogP contribution is -2.62. The Morgan fingerprint density at radius 1 is 0.373 bits per heavy atom. The number of ether oxygens (including phenoxy) is 3. The van der Waals surface area contributed by atoms with Gasteiger partial charge in [0.15, 0.2) is 19.8 Å². The predicted octanol–water partition coefficient (Wildman–Crippen LogP) is 14.0. The first-order chi connectivity index (χ1) is 59.8. The van der Waals surface area contributed by atoms with Gasteiger partial charge < -0.3 is 85.2 Å². The summed E-state index contributed by atoms with van der Waals surface area (Å²) < 4.78 is 17.8. The fraction of sp³-hybridized carbons (Fsp3) is 0.643. The van der Waals surface area contributed by atoms with Gasteiger partial charge in [-0.2, -0.15) is 0 Å². The van der Waals surface area contributed by atoms with Crippen molar-refractivity contribution in [3.8, 4) is 23.0 Å². The number of oxime groups is 2.